The van der Waals surface area contributed by atoms with Crippen molar-refractivity contribution >= 4 is 28.3 Å². The minimum atomic E-state index is -0.491. The third kappa shape index (κ3) is 3.40. The highest BCUT2D eigenvalue weighted by molar-refractivity contribution is 6.03. The molecule has 0 spiro atoms. The molecule has 3 rings (SSSR count). The summed E-state index contributed by atoms with van der Waals surface area (Å²) in [6.07, 6.45) is 0. The number of amides is 1. The molecule has 1 N–H and O–H groups in total. The Morgan fingerprint density at radius 2 is 1.64 bits per heavy atom. The summed E-state index contributed by atoms with van der Waals surface area (Å²) in [5.74, 6) is -0.411. The lowest BCUT2D eigenvalue weighted by Crippen LogP contribution is -2.37. The van der Waals surface area contributed by atoms with Gasteiger partial charge < -0.3 is 10.2 Å². The standard InChI is InChI=1S/C20H23N5O3/c1-5-25(6-2)14-9-7-13(8-10-14)21-18(26)16-12-11-15-17(22-16)23(3)20(28)24(4)19(15)27/h7-12H,5-6H2,1-4H3,(H,21,26). The van der Waals surface area contributed by atoms with Crippen LogP contribution in [-0.2, 0) is 14.1 Å². The van der Waals surface area contributed by atoms with Crippen molar-refractivity contribution in [2.45, 2.75) is 13.8 Å². The summed E-state index contributed by atoms with van der Waals surface area (Å²) in [5.41, 5.74) is 1.10. The number of aromatic nitrogens is 3. The van der Waals surface area contributed by atoms with E-state index >= 15 is 0 Å². The van der Waals surface area contributed by atoms with Crippen LogP contribution in [0.4, 0.5) is 11.4 Å². The van der Waals surface area contributed by atoms with Crippen LogP contribution in [0.1, 0.15) is 24.3 Å². The second kappa shape index (κ2) is 7.67. The molecule has 2 heterocycles. The number of carbonyl (C=O) groups excluding carboxylic acids is 1. The molecule has 3 aromatic rings. The summed E-state index contributed by atoms with van der Waals surface area (Å²) >= 11 is 0. The van der Waals surface area contributed by atoms with Crippen molar-refractivity contribution in [2.75, 3.05) is 23.3 Å². The highest BCUT2D eigenvalue weighted by Gasteiger charge is 2.14. The first-order chi connectivity index (χ1) is 13.4. The predicted molar refractivity (Wildman–Crippen MR) is 110 cm³/mol. The van der Waals surface area contributed by atoms with Crippen molar-refractivity contribution in [3.63, 3.8) is 0 Å². The molecule has 8 heteroatoms. The Morgan fingerprint density at radius 3 is 2.25 bits per heavy atom. The molecule has 0 fully saturated rings. The second-order valence-corrected chi connectivity index (χ2v) is 6.45. The molecule has 0 radical (unpaired) electrons. The predicted octanol–water partition coefficient (Wildman–Crippen LogP) is 1.73. The summed E-state index contributed by atoms with van der Waals surface area (Å²) in [7, 11) is 2.93. The maximum atomic E-state index is 12.6. The molecule has 0 atom stereocenters. The van der Waals surface area contributed by atoms with Gasteiger partial charge in [-0.3, -0.25) is 18.7 Å². The van der Waals surface area contributed by atoms with Gasteiger partial charge in [-0.25, -0.2) is 9.78 Å². The van der Waals surface area contributed by atoms with Crippen molar-refractivity contribution in [1.29, 1.82) is 0 Å². The van der Waals surface area contributed by atoms with E-state index in [0.717, 1.165) is 23.3 Å². The number of nitrogens with zero attached hydrogens (tertiary/aromatic N) is 4. The van der Waals surface area contributed by atoms with Crippen LogP contribution in [0, 0.1) is 0 Å². The fourth-order valence-corrected chi connectivity index (χ4v) is 3.12. The van der Waals surface area contributed by atoms with Crippen LogP contribution in [0.2, 0.25) is 0 Å². The molecule has 0 saturated heterocycles. The number of anilines is 2. The highest BCUT2D eigenvalue weighted by Crippen LogP contribution is 2.18. The fraction of sp³-hybridized carbons (Fsp3) is 0.300. The van der Waals surface area contributed by atoms with Gasteiger partial charge in [0.2, 0.25) is 0 Å². The average molecular weight is 381 g/mol. The highest BCUT2D eigenvalue weighted by atomic mass is 16.2. The van der Waals surface area contributed by atoms with E-state index in [9.17, 15) is 14.4 Å². The number of pyridine rings is 1. The number of hydrogen-bond donors (Lipinski definition) is 1. The minimum Gasteiger partial charge on any atom is -0.372 e. The van der Waals surface area contributed by atoms with E-state index in [0.29, 0.717) is 5.69 Å². The number of rotatable bonds is 5. The summed E-state index contributed by atoms with van der Waals surface area (Å²) in [6, 6.07) is 10.6. The molecule has 146 valence electrons. The van der Waals surface area contributed by atoms with Gasteiger partial charge in [0, 0.05) is 38.6 Å². The van der Waals surface area contributed by atoms with E-state index in [2.05, 4.69) is 29.0 Å². The van der Waals surface area contributed by atoms with E-state index in [1.807, 2.05) is 24.3 Å². The molecule has 1 amide bonds. The van der Waals surface area contributed by atoms with Crippen molar-refractivity contribution in [2.24, 2.45) is 14.1 Å². The first-order valence-corrected chi connectivity index (χ1v) is 9.10. The number of aryl methyl sites for hydroxylation is 1. The van der Waals surface area contributed by atoms with Crippen molar-refractivity contribution in [1.82, 2.24) is 14.1 Å². The summed E-state index contributed by atoms with van der Waals surface area (Å²) in [6.45, 7) is 5.99. The van der Waals surface area contributed by atoms with E-state index in [1.165, 1.54) is 30.8 Å². The second-order valence-electron chi connectivity index (χ2n) is 6.45. The Bertz CT molecular complexity index is 1140. The third-order valence-corrected chi connectivity index (χ3v) is 4.79. The maximum absolute atomic E-state index is 12.6. The van der Waals surface area contributed by atoms with Crippen LogP contribution in [0.5, 0.6) is 0 Å². The van der Waals surface area contributed by atoms with E-state index in [1.54, 1.807) is 0 Å². The van der Waals surface area contributed by atoms with Gasteiger partial charge in [-0.2, -0.15) is 0 Å². The maximum Gasteiger partial charge on any atom is 0.332 e. The van der Waals surface area contributed by atoms with E-state index in [4.69, 9.17) is 0 Å². The van der Waals surface area contributed by atoms with Crippen molar-refractivity contribution in [3.05, 3.63) is 62.9 Å². The molecule has 0 bridgehead atoms. The van der Waals surface area contributed by atoms with Crippen LogP contribution < -0.4 is 21.5 Å². The van der Waals surface area contributed by atoms with Gasteiger partial charge in [-0.15, -0.1) is 0 Å². The third-order valence-electron chi connectivity index (χ3n) is 4.79. The van der Waals surface area contributed by atoms with Gasteiger partial charge in [0.15, 0.2) is 0 Å². The van der Waals surface area contributed by atoms with Gasteiger partial charge in [-0.1, -0.05) is 0 Å². The quantitative estimate of drug-likeness (QED) is 0.727. The molecule has 28 heavy (non-hydrogen) atoms. The Kier molecular flexibility index (Phi) is 5.30. The number of carbonyl (C=O) groups is 1. The zero-order valence-corrected chi connectivity index (χ0v) is 16.4. The van der Waals surface area contributed by atoms with Crippen molar-refractivity contribution in [3.8, 4) is 0 Å². The van der Waals surface area contributed by atoms with Gasteiger partial charge in [0.1, 0.15) is 11.3 Å². The van der Waals surface area contributed by atoms with Gasteiger partial charge in [0.25, 0.3) is 11.5 Å². The molecule has 2 aromatic heterocycles. The lowest BCUT2D eigenvalue weighted by atomic mass is 10.2. The first kappa shape index (κ1) is 19.3. The SMILES string of the molecule is CCN(CC)c1ccc(NC(=O)c2ccc3c(=O)n(C)c(=O)n(C)c3n2)cc1. The molecule has 0 aliphatic heterocycles. The number of benzene rings is 1. The van der Waals surface area contributed by atoms with E-state index < -0.39 is 17.2 Å². The molecule has 8 nitrogen and oxygen atoms in total. The molecule has 0 aliphatic carbocycles. The minimum absolute atomic E-state index is 0.128. The van der Waals surface area contributed by atoms with Crippen LogP contribution in [-0.4, -0.2) is 33.1 Å². The fourth-order valence-electron chi connectivity index (χ4n) is 3.12. The Balaban J connectivity index is 1.90. The van der Waals surface area contributed by atoms with Crippen LogP contribution >= 0.6 is 0 Å². The van der Waals surface area contributed by atoms with Crippen LogP contribution in [0.3, 0.4) is 0 Å². The largest absolute Gasteiger partial charge is 0.372 e. The normalized spacial score (nSPS) is 10.9. The smallest absolute Gasteiger partial charge is 0.332 e. The lowest BCUT2D eigenvalue weighted by molar-refractivity contribution is 0.102. The molecular weight excluding hydrogens is 358 g/mol. The number of nitrogens with one attached hydrogen (secondary N) is 1. The van der Waals surface area contributed by atoms with Crippen LogP contribution in [0.25, 0.3) is 11.0 Å². The van der Waals surface area contributed by atoms with Gasteiger partial charge in [0.05, 0.1) is 5.39 Å². The summed E-state index contributed by atoms with van der Waals surface area (Å²) < 4.78 is 2.27. The van der Waals surface area contributed by atoms with E-state index in [-0.39, 0.29) is 16.7 Å². The zero-order chi connectivity index (χ0) is 20.4. The Hall–Kier alpha value is -3.42. The average Bonchev–Trinajstić information content (AvgIpc) is 2.72. The zero-order valence-electron chi connectivity index (χ0n) is 16.4. The first-order valence-electron chi connectivity index (χ1n) is 9.10. The summed E-state index contributed by atoms with van der Waals surface area (Å²) in [5, 5.41) is 3.08. The molecule has 0 aliphatic rings. The van der Waals surface area contributed by atoms with Gasteiger partial charge in [-0.05, 0) is 50.2 Å². The number of hydrogen-bond acceptors (Lipinski definition) is 5. The van der Waals surface area contributed by atoms with Gasteiger partial charge >= 0.3 is 5.69 Å². The topological polar surface area (TPSA) is 89.2 Å². The molecule has 0 saturated carbocycles. The Labute approximate surface area is 162 Å². The Morgan fingerprint density at radius 1 is 1.00 bits per heavy atom. The van der Waals surface area contributed by atoms with Crippen molar-refractivity contribution < 1.29 is 4.79 Å². The lowest BCUT2D eigenvalue weighted by Gasteiger charge is -2.21. The molecule has 1 aromatic carbocycles. The molecular formula is C20H23N5O3. The number of fused-ring (bicyclic) bond motifs is 1. The molecule has 0 unspecified atom stereocenters. The summed E-state index contributed by atoms with van der Waals surface area (Å²) in [4.78, 5) is 43.3. The monoisotopic (exact) mass is 381 g/mol. The van der Waals surface area contributed by atoms with Crippen LogP contribution in [0.15, 0.2) is 46.0 Å².